The number of imide groups is 1. The number of nitrogens with zero attached hydrogens (tertiary/aromatic N) is 1. The molecule has 2 amide bonds. The Bertz CT molecular complexity index is 1270. The van der Waals surface area contributed by atoms with Crippen molar-refractivity contribution in [2.24, 2.45) is 0 Å². The second-order valence-electron chi connectivity index (χ2n) is 7.08. The predicted molar refractivity (Wildman–Crippen MR) is 146 cm³/mol. The molecule has 1 aliphatic rings. The molecule has 0 spiro atoms. The lowest BCUT2D eigenvalue weighted by molar-refractivity contribution is -0.123. The van der Waals surface area contributed by atoms with E-state index in [0.29, 0.717) is 28.4 Å². The number of benzene rings is 3. The predicted octanol–water partition coefficient (Wildman–Crippen LogP) is 7.50. The van der Waals surface area contributed by atoms with Crippen LogP contribution in [0.1, 0.15) is 16.7 Å². The quantitative estimate of drug-likeness (QED) is 0.197. The normalized spacial score (nSPS) is 14.9. The van der Waals surface area contributed by atoms with Gasteiger partial charge in [0.1, 0.15) is 18.2 Å². The third kappa shape index (κ3) is 5.90. The van der Waals surface area contributed by atoms with Crippen molar-refractivity contribution in [3.8, 4) is 5.75 Å². The molecule has 0 aliphatic carbocycles. The Morgan fingerprint density at radius 1 is 1.06 bits per heavy atom. The third-order valence-electron chi connectivity index (χ3n) is 4.77. The van der Waals surface area contributed by atoms with Gasteiger partial charge < -0.3 is 4.74 Å². The molecule has 0 N–H and O–H groups in total. The minimum Gasteiger partial charge on any atom is -0.487 e. The summed E-state index contributed by atoms with van der Waals surface area (Å²) in [6.45, 7) is 0.352. The first-order chi connectivity index (χ1) is 15.8. The summed E-state index contributed by atoms with van der Waals surface area (Å²) < 4.78 is 21.3. The van der Waals surface area contributed by atoms with E-state index >= 15 is 0 Å². The minimum atomic E-state index is -0.478. The van der Waals surface area contributed by atoms with Gasteiger partial charge in [-0.2, -0.15) is 0 Å². The molecule has 1 fully saturated rings. The average Bonchev–Trinajstić information content (AvgIpc) is 3.03. The summed E-state index contributed by atoms with van der Waals surface area (Å²) in [5, 5.41) is -0.236. The lowest BCUT2D eigenvalue weighted by atomic mass is 10.1. The molecule has 9 heteroatoms. The topological polar surface area (TPSA) is 46.6 Å². The highest BCUT2D eigenvalue weighted by Gasteiger charge is 2.35. The number of hydrogen-bond donors (Lipinski definition) is 0. The van der Waals surface area contributed by atoms with Crippen molar-refractivity contribution in [2.45, 2.75) is 13.2 Å². The van der Waals surface area contributed by atoms with E-state index in [9.17, 15) is 14.0 Å². The van der Waals surface area contributed by atoms with Gasteiger partial charge in [0, 0.05) is 14.2 Å². The summed E-state index contributed by atoms with van der Waals surface area (Å²) in [5.41, 5.74) is 2.24. The van der Waals surface area contributed by atoms with Crippen LogP contribution in [0.3, 0.4) is 0 Å². The fraction of sp³-hybridized carbons (Fsp3) is 0.0833. The summed E-state index contributed by atoms with van der Waals surface area (Å²) in [5.74, 6) is -0.254. The highest BCUT2D eigenvalue weighted by atomic mass is 127. The summed E-state index contributed by atoms with van der Waals surface area (Å²) in [6.07, 6.45) is 1.68. The number of hydrogen-bond acceptors (Lipinski definition) is 4. The van der Waals surface area contributed by atoms with Crippen LogP contribution in [0.2, 0.25) is 5.02 Å². The molecular formula is C24H15ClFI2NO3S. The summed E-state index contributed by atoms with van der Waals surface area (Å²) in [6, 6.07) is 17.6. The number of halogens is 4. The summed E-state index contributed by atoms with van der Waals surface area (Å²) in [7, 11) is 0. The molecule has 168 valence electrons. The van der Waals surface area contributed by atoms with Gasteiger partial charge in [0.25, 0.3) is 11.1 Å². The average molecular weight is 706 g/mol. The standard InChI is InChI=1S/C24H15ClFI2NO3S/c25-19-10-17(26)7-6-15(19)12-29-23(30)21(33-24(29)31)9-16-8-18(27)11-20(28)22(16)32-13-14-4-2-1-3-5-14/h1-11H,12-13H2/b21-9-. The van der Waals surface area contributed by atoms with E-state index in [1.165, 1.54) is 12.1 Å². The Morgan fingerprint density at radius 2 is 1.82 bits per heavy atom. The Labute approximate surface area is 226 Å². The molecule has 1 saturated heterocycles. The Morgan fingerprint density at radius 3 is 2.55 bits per heavy atom. The van der Waals surface area contributed by atoms with Crippen LogP contribution in [0.5, 0.6) is 5.75 Å². The molecule has 0 bridgehead atoms. The molecule has 1 aliphatic heterocycles. The monoisotopic (exact) mass is 705 g/mol. The van der Waals surface area contributed by atoms with Crippen molar-refractivity contribution in [1.29, 1.82) is 0 Å². The molecule has 0 radical (unpaired) electrons. The SMILES string of the molecule is O=C1S/C(=C\c2cc(I)cc(I)c2OCc2ccccc2)C(=O)N1Cc1ccc(F)cc1Cl. The van der Waals surface area contributed by atoms with Crippen molar-refractivity contribution < 1.29 is 18.7 Å². The van der Waals surface area contributed by atoms with Crippen molar-refractivity contribution in [3.05, 3.63) is 100 Å². The smallest absolute Gasteiger partial charge is 0.293 e. The Kier molecular flexibility index (Phi) is 7.98. The number of carbonyl (C=O) groups excluding carboxylic acids is 2. The van der Waals surface area contributed by atoms with Crippen LogP contribution in [0.25, 0.3) is 6.08 Å². The lowest BCUT2D eigenvalue weighted by Crippen LogP contribution is -2.27. The maximum absolute atomic E-state index is 13.3. The van der Waals surface area contributed by atoms with Crippen LogP contribution < -0.4 is 4.74 Å². The molecule has 0 saturated carbocycles. The summed E-state index contributed by atoms with van der Waals surface area (Å²) in [4.78, 5) is 27.0. The highest BCUT2D eigenvalue weighted by molar-refractivity contribution is 14.1. The number of amides is 2. The molecule has 33 heavy (non-hydrogen) atoms. The van der Waals surface area contributed by atoms with Gasteiger partial charge in [-0.1, -0.05) is 48.0 Å². The molecule has 0 aromatic heterocycles. The van der Waals surface area contributed by atoms with Crippen molar-refractivity contribution in [3.63, 3.8) is 0 Å². The molecule has 1 heterocycles. The van der Waals surface area contributed by atoms with E-state index in [4.69, 9.17) is 16.3 Å². The second-order valence-corrected chi connectivity index (χ2v) is 10.9. The lowest BCUT2D eigenvalue weighted by Gasteiger charge is -2.14. The number of carbonyl (C=O) groups is 2. The summed E-state index contributed by atoms with van der Waals surface area (Å²) >= 11 is 11.3. The van der Waals surface area contributed by atoms with Crippen LogP contribution in [0, 0.1) is 13.0 Å². The molecule has 4 nitrogen and oxygen atoms in total. The first-order valence-electron chi connectivity index (χ1n) is 9.67. The number of rotatable bonds is 6. The maximum Gasteiger partial charge on any atom is 0.293 e. The minimum absolute atomic E-state index is 0.0255. The zero-order valence-corrected chi connectivity index (χ0v) is 22.7. The van der Waals surface area contributed by atoms with Gasteiger partial charge in [0.05, 0.1) is 15.0 Å². The van der Waals surface area contributed by atoms with Gasteiger partial charge in [0.15, 0.2) is 0 Å². The first-order valence-corrected chi connectivity index (χ1v) is 13.0. The van der Waals surface area contributed by atoms with Crippen molar-refractivity contribution in [1.82, 2.24) is 4.90 Å². The van der Waals surface area contributed by atoms with Crippen LogP contribution >= 0.6 is 68.5 Å². The zero-order chi connectivity index (χ0) is 23.5. The molecule has 0 unspecified atom stereocenters. The van der Waals surface area contributed by atoms with Crippen molar-refractivity contribution in [2.75, 3.05) is 0 Å². The zero-order valence-electron chi connectivity index (χ0n) is 16.9. The number of thioether (sulfide) groups is 1. The first kappa shape index (κ1) is 24.5. The van der Waals surface area contributed by atoms with Crippen molar-refractivity contribution >= 4 is 85.8 Å². The van der Waals surface area contributed by atoms with Gasteiger partial charge in [-0.15, -0.1) is 0 Å². The van der Waals surface area contributed by atoms with E-state index in [0.717, 1.165) is 35.4 Å². The van der Waals surface area contributed by atoms with E-state index in [1.807, 2.05) is 42.5 Å². The second kappa shape index (κ2) is 10.7. The molecular weight excluding hydrogens is 691 g/mol. The molecule has 0 atom stereocenters. The fourth-order valence-corrected chi connectivity index (χ4v) is 6.27. The van der Waals surface area contributed by atoms with Crippen LogP contribution in [0.4, 0.5) is 9.18 Å². The van der Waals surface area contributed by atoms with E-state index in [1.54, 1.807) is 6.08 Å². The Hall–Kier alpha value is -1.63. The largest absolute Gasteiger partial charge is 0.487 e. The van der Waals surface area contributed by atoms with Gasteiger partial charge in [-0.05, 0) is 98.4 Å². The van der Waals surface area contributed by atoms with Crippen LogP contribution in [-0.2, 0) is 17.9 Å². The Balaban J connectivity index is 1.60. The molecule has 3 aromatic carbocycles. The third-order valence-corrected chi connectivity index (χ3v) is 7.45. The van der Waals surface area contributed by atoms with Crippen LogP contribution in [-0.4, -0.2) is 16.0 Å². The van der Waals surface area contributed by atoms with Crippen LogP contribution in [0.15, 0.2) is 65.6 Å². The van der Waals surface area contributed by atoms with E-state index < -0.39 is 17.0 Å². The van der Waals surface area contributed by atoms with Gasteiger partial charge in [-0.3, -0.25) is 14.5 Å². The molecule has 3 aromatic rings. The fourth-order valence-electron chi connectivity index (χ4n) is 3.17. The van der Waals surface area contributed by atoms with Gasteiger partial charge >= 0.3 is 0 Å². The maximum atomic E-state index is 13.3. The number of ether oxygens (including phenoxy) is 1. The van der Waals surface area contributed by atoms with E-state index in [-0.39, 0.29) is 11.6 Å². The molecule has 4 rings (SSSR count). The van der Waals surface area contributed by atoms with Gasteiger partial charge in [0.2, 0.25) is 0 Å². The van der Waals surface area contributed by atoms with Gasteiger partial charge in [-0.25, -0.2) is 4.39 Å². The highest BCUT2D eigenvalue weighted by Crippen LogP contribution is 2.37. The van der Waals surface area contributed by atoms with E-state index in [2.05, 4.69) is 45.2 Å².